The number of amides is 1. The van der Waals surface area contributed by atoms with Crippen molar-refractivity contribution in [2.45, 2.75) is 33.2 Å². The zero-order valence-corrected chi connectivity index (χ0v) is 13.1. The molecule has 1 rings (SSSR count). The van der Waals surface area contributed by atoms with Gasteiger partial charge in [-0.3, -0.25) is 4.79 Å². The van der Waals surface area contributed by atoms with Crippen molar-refractivity contribution >= 4 is 39.1 Å². The van der Waals surface area contributed by atoms with Crippen LogP contribution in [0, 0.1) is 12.8 Å². The van der Waals surface area contributed by atoms with Crippen LogP contribution in [-0.4, -0.2) is 11.9 Å². The molecule has 100 valence electrons. The Morgan fingerprint density at radius 3 is 2.72 bits per heavy atom. The number of aryl methyl sites for hydroxylation is 1. The number of carbonyl (C=O) groups excluding carboxylic acids is 1. The van der Waals surface area contributed by atoms with Gasteiger partial charge >= 0.3 is 0 Å². The number of rotatable bonds is 4. The summed E-state index contributed by atoms with van der Waals surface area (Å²) in [6.45, 7) is 5.88. The van der Waals surface area contributed by atoms with Gasteiger partial charge in [-0.2, -0.15) is 0 Å². The molecule has 2 unspecified atom stereocenters. The van der Waals surface area contributed by atoms with E-state index in [9.17, 15) is 4.79 Å². The van der Waals surface area contributed by atoms with Crippen LogP contribution in [0.25, 0.3) is 0 Å². The van der Waals surface area contributed by atoms with Crippen molar-refractivity contribution in [1.29, 1.82) is 0 Å². The van der Waals surface area contributed by atoms with E-state index in [1.54, 1.807) is 6.07 Å². The van der Waals surface area contributed by atoms with Crippen molar-refractivity contribution in [1.82, 2.24) is 0 Å². The molecule has 0 heterocycles. The molecule has 0 saturated heterocycles. The fourth-order valence-electron chi connectivity index (χ4n) is 1.47. The molecule has 3 nitrogen and oxygen atoms in total. The van der Waals surface area contributed by atoms with Crippen LogP contribution >= 0.6 is 27.5 Å². The highest BCUT2D eigenvalue weighted by Crippen LogP contribution is 2.29. The summed E-state index contributed by atoms with van der Waals surface area (Å²) in [4.78, 5) is 12.0. The third kappa shape index (κ3) is 3.70. The number of halogens is 2. The Hall–Kier alpha value is -0.580. The van der Waals surface area contributed by atoms with Gasteiger partial charge in [0, 0.05) is 9.50 Å². The summed E-state index contributed by atoms with van der Waals surface area (Å²) in [5.41, 5.74) is 7.48. The number of benzene rings is 1. The maximum Gasteiger partial charge on any atom is 0.241 e. The van der Waals surface area contributed by atoms with Crippen LogP contribution in [-0.2, 0) is 4.79 Å². The molecule has 0 spiro atoms. The second-order valence-corrected chi connectivity index (χ2v) is 5.74. The molecule has 0 radical (unpaired) electrons. The highest BCUT2D eigenvalue weighted by molar-refractivity contribution is 9.10. The van der Waals surface area contributed by atoms with E-state index in [2.05, 4.69) is 21.2 Å². The van der Waals surface area contributed by atoms with Crippen molar-refractivity contribution in [3.05, 3.63) is 27.2 Å². The zero-order valence-electron chi connectivity index (χ0n) is 10.8. The van der Waals surface area contributed by atoms with Gasteiger partial charge < -0.3 is 11.1 Å². The van der Waals surface area contributed by atoms with E-state index in [1.165, 1.54) is 0 Å². The predicted octanol–water partition coefficient (Wildman–Crippen LogP) is 3.72. The van der Waals surface area contributed by atoms with E-state index in [0.717, 1.165) is 16.5 Å². The first-order chi connectivity index (χ1) is 8.36. The van der Waals surface area contributed by atoms with Gasteiger partial charge in [0.25, 0.3) is 0 Å². The van der Waals surface area contributed by atoms with Crippen LogP contribution in [0.3, 0.4) is 0 Å². The van der Waals surface area contributed by atoms with E-state index >= 15 is 0 Å². The minimum absolute atomic E-state index is 0.143. The Kier molecular flexibility index (Phi) is 5.63. The Balaban J connectivity index is 2.85. The second kappa shape index (κ2) is 6.55. The van der Waals surface area contributed by atoms with E-state index < -0.39 is 6.04 Å². The standard InChI is InChI=1S/C13H18BrClN2O/c1-4-7(2)12(16)13(18)17-11-6-10(15)8(3)5-9(11)14/h5-7,12H,4,16H2,1-3H3,(H,17,18). The van der Waals surface area contributed by atoms with E-state index in [0.29, 0.717) is 10.7 Å². The Bertz CT molecular complexity index is 451. The number of carbonyl (C=O) groups is 1. The lowest BCUT2D eigenvalue weighted by molar-refractivity contribution is -0.118. The first-order valence-electron chi connectivity index (χ1n) is 5.88. The summed E-state index contributed by atoms with van der Waals surface area (Å²) >= 11 is 9.43. The van der Waals surface area contributed by atoms with Crippen LogP contribution in [0.1, 0.15) is 25.8 Å². The summed E-state index contributed by atoms with van der Waals surface area (Å²) in [6.07, 6.45) is 0.865. The van der Waals surface area contributed by atoms with Crippen LogP contribution in [0.2, 0.25) is 5.02 Å². The van der Waals surface area contributed by atoms with Crippen LogP contribution < -0.4 is 11.1 Å². The Morgan fingerprint density at radius 1 is 1.56 bits per heavy atom. The van der Waals surface area contributed by atoms with Gasteiger partial charge in [-0.05, 0) is 46.5 Å². The summed E-state index contributed by atoms with van der Waals surface area (Å²) in [7, 11) is 0. The highest BCUT2D eigenvalue weighted by Gasteiger charge is 2.20. The fourth-order valence-corrected chi connectivity index (χ4v) is 2.19. The average Bonchev–Trinajstić information content (AvgIpc) is 2.33. The van der Waals surface area contributed by atoms with Crippen LogP contribution in [0.5, 0.6) is 0 Å². The minimum atomic E-state index is -0.512. The minimum Gasteiger partial charge on any atom is -0.324 e. The first kappa shape index (κ1) is 15.5. The predicted molar refractivity (Wildman–Crippen MR) is 79.9 cm³/mol. The molecule has 0 aromatic heterocycles. The quantitative estimate of drug-likeness (QED) is 0.882. The second-order valence-electron chi connectivity index (χ2n) is 4.48. The summed E-state index contributed by atoms with van der Waals surface area (Å²) < 4.78 is 0.800. The molecule has 0 aliphatic heterocycles. The van der Waals surface area contributed by atoms with Crippen molar-refractivity contribution in [2.75, 3.05) is 5.32 Å². The maximum absolute atomic E-state index is 12.0. The molecule has 0 fully saturated rings. The van der Waals surface area contributed by atoms with Gasteiger partial charge in [0.1, 0.15) is 0 Å². The van der Waals surface area contributed by atoms with Gasteiger partial charge in [0.2, 0.25) is 5.91 Å². The van der Waals surface area contributed by atoms with Crippen molar-refractivity contribution in [3.63, 3.8) is 0 Å². The molecule has 1 aromatic rings. The molecular weight excluding hydrogens is 316 g/mol. The number of nitrogens with one attached hydrogen (secondary N) is 1. The third-order valence-electron chi connectivity index (χ3n) is 3.07. The lowest BCUT2D eigenvalue weighted by Gasteiger charge is -2.18. The molecule has 3 N–H and O–H groups in total. The molecule has 18 heavy (non-hydrogen) atoms. The zero-order chi connectivity index (χ0) is 13.9. The third-order valence-corrected chi connectivity index (χ3v) is 4.13. The van der Waals surface area contributed by atoms with Gasteiger partial charge in [-0.15, -0.1) is 0 Å². The van der Waals surface area contributed by atoms with Crippen LogP contribution in [0.15, 0.2) is 16.6 Å². The molecule has 0 saturated carbocycles. The number of nitrogens with two attached hydrogens (primary N) is 1. The lowest BCUT2D eigenvalue weighted by Crippen LogP contribution is -2.40. The highest BCUT2D eigenvalue weighted by atomic mass is 79.9. The molecule has 0 bridgehead atoms. The van der Waals surface area contributed by atoms with E-state index in [-0.39, 0.29) is 11.8 Å². The molecule has 5 heteroatoms. The number of hydrogen-bond donors (Lipinski definition) is 2. The monoisotopic (exact) mass is 332 g/mol. The molecule has 1 amide bonds. The molecule has 0 aliphatic carbocycles. The summed E-state index contributed by atoms with van der Waals surface area (Å²) in [6, 6.07) is 3.08. The van der Waals surface area contributed by atoms with E-state index in [4.69, 9.17) is 17.3 Å². The molecule has 2 atom stereocenters. The summed E-state index contributed by atoms with van der Waals surface area (Å²) in [5, 5.41) is 3.41. The van der Waals surface area contributed by atoms with Crippen LogP contribution in [0.4, 0.5) is 5.69 Å². The number of hydrogen-bond acceptors (Lipinski definition) is 2. The van der Waals surface area contributed by atoms with Crippen molar-refractivity contribution in [2.24, 2.45) is 11.7 Å². The van der Waals surface area contributed by atoms with Gasteiger partial charge in [-0.25, -0.2) is 0 Å². The number of anilines is 1. The average molecular weight is 334 g/mol. The van der Waals surface area contributed by atoms with E-state index in [1.807, 2.05) is 26.8 Å². The van der Waals surface area contributed by atoms with Gasteiger partial charge in [0.05, 0.1) is 11.7 Å². The smallest absolute Gasteiger partial charge is 0.241 e. The Morgan fingerprint density at radius 2 is 2.17 bits per heavy atom. The topological polar surface area (TPSA) is 55.1 Å². The van der Waals surface area contributed by atoms with Crippen molar-refractivity contribution in [3.8, 4) is 0 Å². The first-order valence-corrected chi connectivity index (χ1v) is 7.06. The van der Waals surface area contributed by atoms with Crippen molar-refractivity contribution < 1.29 is 4.79 Å². The van der Waals surface area contributed by atoms with Gasteiger partial charge in [-0.1, -0.05) is 31.9 Å². The lowest BCUT2D eigenvalue weighted by atomic mass is 9.99. The summed E-state index contributed by atoms with van der Waals surface area (Å²) in [5.74, 6) is -0.0466. The normalized spacial score (nSPS) is 14.1. The van der Waals surface area contributed by atoms with Gasteiger partial charge in [0.15, 0.2) is 0 Å². The largest absolute Gasteiger partial charge is 0.324 e. The molecule has 1 aromatic carbocycles. The Labute approximate surface area is 121 Å². The maximum atomic E-state index is 12.0. The SMILES string of the molecule is CCC(C)C(N)C(=O)Nc1cc(Cl)c(C)cc1Br. The molecular formula is C13H18BrClN2O. The fraction of sp³-hybridized carbons (Fsp3) is 0.462. The molecule has 0 aliphatic rings.